The Balaban J connectivity index is 0.943. The average Bonchev–Trinajstić information content (AvgIpc) is 3.36. The molecule has 0 amide bonds. The van der Waals surface area contributed by atoms with Crippen LogP contribution in [0.2, 0.25) is 0 Å². The highest BCUT2D eigenvalue weighted by Crippen LogP contribution is 2.46. The maximum Gasteiger partial charge on any atom is 0.346 e. The van der Waals surface area contributed by atoms with E-state index in [0.29, 0.717) is 5.56 Å². The SMILES string of the molecule is N#C/C(=C\c1ccc(N(c2ccc(-c3ccc(N(c4ccccc4)c4ccc5ccc6cccc7ccc4c5c67)cc3)cc2)c2ccc3ccc4cccc5ccc2c3c45)cc1)C(=O)O. The van der Waals surface area contributed by atoms with Crippen LogP contribution in [0, 0.1) is 11.3 Å². The van der Waals surface area contributed by atoms with E-state index in [1.165, 1.54) is 65.3 Å². The molecule has 0 unspecified atom stereocenters. The molecule has 0 aliphatic heterocycles. The minimum absolute atomic E-state index is 0.315. The zero-order valence-corrected chi connectivity index (χ0v) is 35.0. The molecule has 12 aromatic rings. The van der Waals surface area contributed by atoms with Gasteiger partial charge in [0.15, 0.2) is 0 Å². The molecule has 0 spiro atoms. The lowest BCUT2D eigenvalue weighted by molar-refractivity contribution is -0.132. The van der Waals surface area contributed by atoms with Crippen molar-refractivity contribution >= 4 is 111 Å². The molecular weight excluding hydrogens is 795 g/mol. The van der Waals surface area contributed by atoms with Crippen LogP contribution in [-0.2, 0) is 4.79 Å². The molecule has 12 rings (SSSR count). The number of benzene rings is 12. The summed E-state index contributed by atoms with van der Waals surface area (Å²) in [5.41, 5.74) is 8.67. The van der Waals surface area contributed by atoms with Gasteiger partial charge in [0.05, 0.1) is 11.4 Å². The fourth-order valence-electron chi connectivity index (χ4n) is 9.90. The maximum atomic E-state index is 11.6. The lowest BCUT2D eigenvalue weighted by Crippen LogP contribution is -2.11. The summed E-state index contributed by atoms with van der Waals surface area (Å²) in [6, 6.07) is 77.2. The lowest BCUT2D eigenvalue weighted by Gasteiger charge is -2.28. The van der Waals surface area contributed by atoms with Gasteiger partial charge < -0.3 is 14.9 Å². The van der Waals surface area contributed by atoms with Gasteiger partial charge in [-0.2, -0.15) is 5.26 Å². The van der Waals surface area contributed by atoms with E-state index in [1.807, 2.05) is 24.3 Å². The van der Waals surface area contributed by atoms with Gasteiger partial charge >= 0.3 is 5.97 Å². The Bertz CT molecular complexity index is 3820. The summed E-state index contributed by atoms with van der Waals surface area (Å²) in [5.74, 6) is -1.25. The smallest absolute Gasteiger partial charge is 0.346 e. The van der Waals surface area contributed by atoms with E-state index in [1.54, 1.807) is 6.07 Å². The molecule has 0 saturated heterocycles. The Morgan fingerprint density at radius 2 is 0.769 bits per heavy atom. The second-order valence-corrected chi connectivity index (χ2v) is 16.5. The topological polar surface area (TPSA) is 67.6 Å². The van der Waals surface area contributed by atoms with Gasteiger partial charge in [0.2, 0.25) is 0 Å². The number of nitriles is 1. The summed E-state index contributed by atoms with van der Waals surface area (Å²) >= 11 is 0. The van der Waals surface area contributed by atoms with Gasteiger partial charge in [-0.25, -0.2) is 4.79 Å². The molecule has 1 N–H and O–H groups in total. The number of carbonyl (C=O) groups is 1. The van der Waals surface area contributed by atoms with E-state index in [-0.39, 0.29) is 5.57 Å². The van der Waals surface area contributed by atoms with E-state index in [4.69, 9.17) is 0 Å². The van der Waals surface area contributed by atoms with Crippen LogP contribution in [0.5, 0.6) is 0 Å². The highest BCUT2D eigenvalue weighted by atomic mass is 16.4. The molecule has 0 aliphatic rings. The minimum atomic E-state index is -1.25. The third kappa shape index (κ3) is 6.27. The van der Waals surface area contributed by atoms with Crippen LogP contribution in [0.15, 0.2) is 218 Å². The van der Waals surface area contributed by atoms with Gasteiger partial charge in [-0.15, -0.1) is 0 Å². The number of rotatable bonds is 9. The molecule has 0 bridgehead atoms. The fourth-order valence-corrected chi connectivity index (χ4v) is 9.90. The van der Waals surface area contributed by atoms with Crippen molar-refractivity contribution < 1.29 is 9.90 Å². The summed E-state index contributed by atoms with van der Waals surface area (Å²) in [6.07, 6.45) is 1.40. The van der Waals surface area contributed by atoms with Crippen molar-refractivity contribution in [3.8, 4) is 17.2 Å². The predicted molar refractivity (Wildman–Crippen MR) is 270 cm³/mol. The standard InChI is InChI=1S/C60H37N3O2/c61-37-47(60(64)65)36-38-12-26-49(27-13-38)63(55-35-25-46-17-15-42-7-5-9-44-23-33-53(55)59(46)57(42)44)51-30-20-40(21-31-51)39-18-28-50(29-19-39)62(48-10-2-1-3-11-48)54-34-24-45-16-14-41-6-4-8-43-22-32-52(54)58(45)56(41)43/h1-36H,(H,64,65)/b47-36+. The highest BCUT2D eigenvalue weighted by Gasteiger charge is 2.21. The molecule has 304 valence electrons. The summed E-state index contributed by atoms with van der Waals surface area (Å²) in [5, 5.41) is 33.6. The molecule has 65 heavy (non-hydrogen) atoms. The second-order valence-electron chi connectivity index (χ2n) is 16.5. The Morgan fingerprint density at radius 3 is 1.18 bits per heavy atom. The van der Waals surface area contributed by atoms with E-state index in [0.717, 1.165) is 50.6 Å². The van der Waals surface area contributed by atoms with Gasteiger partial charge in [0.1, 0.15) is 11.6 Å². The van der Waals surface area contributed by atoms with Crippen LogP contribution < -0.4 is 9.80 Å². The van der Waals surface area contributed by atoms with Crippen LogP contribution in [0.25, 0.3) is 81.8 Å². The Hall–Kier alpha value is -8.98. The van der Waals surface area contributed by atoms with Gasteiger partial charge in [-0.1, -0.05) is 152 Å². The highest BCUT2D eigenvalue weighted by molar-refractivity contribution is 6.27. The van der Waals surface area contributed by atoms with E-state index < -0.39 is 5.97 Å². The molecule has 0 fully saturated rings. The quantitative estimate of drug-likeness (QED) is 0.0891. The number of nitrogens with zero attached hydrogens (tertiary/aromatic N) is 3. The van der Waals surface area contributed by atoms with E-state index >= 15 is 0 Å². The summed E-state index contributed by atoms with van der Waals surface area (Å²) in [6.45, 7) is 0. The monoisotopic (exact) mass is 831 g/mol. The number of hydrogen-bond donors (Lipinski definition) is 1. The minimum Gasteiger partial charge on any atom is -0.477 e. The summed E-state index contributed by atoms with van der Waals surface area (Å²) in [4.78, 5) is 16.3. The third-order valence-electron chi connectivity index (χ3n) is 12.9. The predicted octanol–water partition coefficient (Wildman–Crippen LogP) is 16.1. The number of para-hydroxylation sites is 1. The van der Waals surface area contributed by atoms with Gasteiger partial charge in [-0.05, 0) is 137 Å². The first kappa shape index (κ1) is 37.8. The van der Waals surface area contributed by atoms with Crippen LogP contribution in [-0.4, -0.2) is 11.1 Å². The molecule has 0 saturated carbocycles. The molecular formula is C60H37N3O2. The van der Waals surface area contributed by atoms with Gasteiger partial charge in [0.25, 0.3) is 0 Å². The van der Waals surface area contributed by atoms with Crippen LogP contribution >= 0.6 is 0 Å². The van der Waals surface area contributed by atoms with Crippen molar-refractivity contribution in [2.45, 2.75) is 0 Å². The Kier molecular flexibility index (Phi) is 8.79. The first-order valence-corrected chi connectivity index (χ1v) is 21.6. The molecule has 5 heteroatoms. The molecule has 0 atom stereocenters. The van der Waals surface area contributed by atoms with Crippen molar-refractivity contribution in [3.05, 3.63) is 223 Å². The molecule has 0 radical (unpaired) electrons. The van der Waals surface area contributed by atoms with Crippen LogP contribution in [0.3, 0.4) is 0 Å². The zero-order valence-electron chi connectivity index (χ0n) is 35.0. The van der Waals surface area contributed by atoms with Crippen molar-refractivity contribution in [2.24, 2.45) is 0 Å². The van der Waals surface area contributed by atoms with Gasteiger partial charge in [-0.3, -0.25) is 0 Å². The van der Waals surface area contributed by atoms with Crippen LogP contribution in [0.1, 0.15) is 5.56 Å². The number of carboxylic acids is 1. The largest absolute Gasteiger partial charge is 0.477 e. The van der Waals surface area contributed by atoms with Crippen molar-refractivity contribution in [3.63, 3.8) is 0 Å². The molecule has 0 aromatic heterocycles. The maximum absolute atomic E-state index is 11.6. The van der Waals surface area contributed by atoms with Gasteiger partial charge in [0, 0.05) is 33.5 Å². The molecule has 12 aromatic carbocycles. The Labute approximate surface area is 374 Å². The number of aliphatic carboxylic acids is 1. The van der Waals surface area contributed by atoms with Crippen molar-refractivity contribution in [1.82, 2.24) is 0 Å². The lowest BCUT2D eigenvalue weighted by atomic mass is 9.93. The second kappa shape index (κ2) is 15.1. The zero-order chi connectivity index (χ0) is 43.6. The number of hydrogen-bond acceptors (Lipinski definition) is 4. The van der Waals surface area contributed by atoms with Crippen molar-refractivity contribution in [1.29, 1.82) is 5.26 Å². The van der Waals surface area contributed by atoms with Crippen molar-refractivity contribution in [2.75, 3.05) is 9.80 Å². The fraction of sp³-hybridized carbons (Fsp3) is 0. The first-order chi connectivity index (χ1) is 32.0. The molecule has 5 nitrogen and oxygen atoms in total. The summed E-state index contributed by atoms with van der Waals surface area (Å²) in [7, 11) is 0. The molecule has 0 aliphatic carbocycles. The number of carboxylic acid groups (broad SMARTS) is 1. The first-order valence-electron chi connectivity index (χ1n) is 21.6. The van der Waals surface area contributed by atoms with E-state index in [9.17, 15) is 15.2 Å². The van der Waals surface area contributed by atoms with Crippen LogP contribution in [0.4, 0.5) is 34.1 Å². The third-order valence-corrected chi connectivity index (χ3v) is 12.9. The summed E-state index contributed by atoms with van der Waals surface area (Å²) < 4.78 is 0. The average molecular weight is 832 g/mol. The normalized spacial score (nSPS) is 11.9. The van der Waals surface area contributed by atoms with E-state index in [2.05, 4.69) is 198 Å². The Morgan fingerprint density at radius 1 is 0.400 bits per heavy atom. The molecule has 0 heterocycles. The number of anilines is 6.